The second-order valence-corrected chi connectivity index (χ2v) is 12.6. The van der Waals surface area contributed by atoms with E-state index in [-0.39, 0.29) is 38.6 Å². The molecule has 0 bridgehead atoms. The number of hydrogen-bond donors (Lipinski definition) is 3. The summed E-state index contributed by atoms with van der Waals surface area (Å²) < 4.78 is 21.4. The number of hydrogen-bond acceptors (Lipinski definition) is 9. The van der Waals surface area contributed by atoms with Crippen molar-refractivity contribution >= 4 is 30.1 Å². The molecule has 242 valence electrons. The number of carbonyl (C=O) groups is 4. The summed E-state index contributed by atoms with van der Waals surface area (Å²) >= 11 is 0. The van der Waals surface area contributed by atoms with Gasteiger partial charge in [0.15, 0.2) is 0 Å². The fourth-order valence-electron chi connectivity index (χ4n) is 3.30. The molecule has 0 saturated carbocycles. The lowest BCUT2D eigenvalue weighted by Gasteiger charge is -2.29. The van der Waals surface area contributed by atoms with Crippen LogP contribution in [0.3, 0.4) is 0 Å². The first kappa shape index (κ1) is 37.2. The summed E-state index contributed by atoms with van der Waals surface area (Å²) in [5.41, 5.74) is -1.57. The number of benzene rings is 1. The number of nitrogens with zero attached hydrogens (tertiary/aromatic N) is 2. The highest BCUT2D eigenvalue weighted by Gasteiger charge is 2.29. The van der Waals surface area contributed by atoms with Gasteiger partial charge in [0.2, 0.25) is 11.9 Å². The number of alkyl carbamates (subject to hydrolysis) is 2. The van der Waals surface area contributed by atoms with Gasteiger partial charge in [0.1, 0.15) is 22.8 Å². The van der Waals surface area contributed by atoms with Crippen LogP contribution in [0.2, 0.25) is 0 Å². The molecule has 0 aliphatic rings. The van der Waals surface area contributed by atoms with Gasteiger partial charge in [-0.15, -0.1) is 0 Å². The average molecular weight is 608 g/mol. The number of rotatable bonds is 10. The Morgan fingerprint density at radius 3 is 1.93 bits per heavy atom. The van der Waals surface area contributed by atoms with Gasteiger partial charge < -0.3 is 29.6 Å². The van der Waals surface area contributed by atoms with Crippen LogP contribution in [0.1, 0.15) is 74.3 Å². The van der Waals surface area contributed by atoms with Crippen molar-refractivity contribution in [2.75, 3.05) is 26.8 Å². The van der Waals surface area contributed by atoms with E-state index in [1.165, 1.54) is 7.11 Å². The van der Waals surface area contributed by atoms with Crippen LogP contribution in [0.5, 0.6) is 0 Å². The molecule has 13 heteroatoms. The zero-order chi connectivity index (χ0) is 32.8. The first-order chi connectivity index (χ1) is 19.8. The summed E-state index contributed by atoms with van der Waals surface area (Å²) in [7, 11) is 1.46. The normalized spacial score (nSPS) is 12.9. The number of methoxy groups -OCH3 is 1. The second kappa shape index (κ2) is 16.7. The lowest BCUT2D eigenvalue weighted by Crippen LogP contribution is -2.51. The summed E-state index contributed by atoms with van der Waals surface area (Å²) in [5, 5.41) is 7.92. The molecule has 3 N–H and O–H groups in total. The largest absolute Gasteiger partial charge is 0.444 e. The predicted molar refractivity (Wildman–Crippen MR) is 163 cm³/mol. The van der Waals surface area contributed by atoms with Crippen molar-refractivity contribution in [2.45, 2.75) is 98.1 Å². The molecule has 0 fully saturated rings. The lowest BCUT2D eigenvalue weighted by molar-refractivity contribution is -0.123. The van der Waals surface area contributed by atoms with Crippen molar-refractivity contribution in [1.82, 2.24) is 20.9 Å². The monoisotopic (exact) mass is 607 g/mol. The first-order valence-corrected chi connectivity index (χ1v) is 14.1. The molecule has 0 aliphatic carbocycles. The third-order valence-corrected chi connectivity index (χ3v) is 5.00. The van der Waals surface area contributed by atoms with Crippen molar-refractivity contribution in [1.29, 1.82) is 0 Å². The Hall–Kier alpha value is -3.87. The highest BCUT2D eigenvalue weighted by molar-refractivity contribution is 6.01. The van der Waals surface area contributed by atoms with E-state index in [4.69, 9.17) is 18.9 Å². The van der Waals surface area contributed by atoms with Gasteiger partial charge >= 0.3 is 18.3 Å². The van der Waals surface area contributed by atoms with Gasteiger partial charge in [-0.05, 0) is 74.3 Å². The summed E-state index contributed by atoms with van der Waals surface area (Å²) in [4.78, 5) is 57.1. The Morgan fingerprint density at radius 2 is 1.40 bits per heavy atom. The Bertz CT molecular complexity index is 1090. The van der Waals surface area contributed by atoms with E-state index in [9.17, 15) is 19.2 Å². The van der Waals surface area contributed by atoms with E-state index in [2.05, 4.69) is 20.9 Å². The molecule has 1 aromatic rings. The van der Waals surface area contributed by atoms with Gasteiger partial charge in [-0.25, -0.2) is 19.3 Å². The highest BCUT2D eigenvalue weighted by Crippen LogP contribution is 2.12. The third kappa shape index (κ3) is 17.0. The molecule has 0 spiro atoms. The van der Waals surface area contributed by atoms with Crippen molar-refractivity contribution < 1.29 is 38.1 Å². The molecule has 0 saturated heterocycles. The van der Waals surface area contributed by atoms with E-state index >= 15 is 0 Å². The van der Waals surface area contributed by atoms with Crippen LogP contribution in [0.25, 0.3) is 0 Å². The van der Waals surface area contributed by atoms with Crippen LogP contribution in [-0.2, 0) is 30.3 Å². The summed E-state index contributed by atoms with van der Waals surface area (Å²) in [6.45, 7) is 15.6. The lowest BCUT2D eigenvalue weighted by atomic mass is 10.1. The molecule has 43 heavy (non-hydrogen) atoms. The van der Waals surface area contributed by atoms with Crippen LogP contribution >= 0.6 is 0 Å². The van der Waals surface area contributed by atoms with E-state index in [0.717, 1.165) is 10.5 Å². The smallest absolute Gasteiger partial charge is 0.417 e. The SMILES string of the molecule is COCCN(C(=O)OC(C)(C)C)C(=NCC[C@H](NC(=O)OC(C)(C)C)C(=O)NCc1ccccc1)NC(=O)OC(C)(C)C. The zero-order valence-electron chi connectivity index (χ0n) is 27.2. The summed E-state index contributed by atoms with van der Waals surface area (Å²) in [5.74, 6) is -0.629. The van der Waals surface area contributed by atoms with E-state index < -0.39 is 47.0 Å². The van der Waals surface area contributed by atoms with E-state index in [1.54, 1.807) is 62.3 Å². The number of ether oxygens (including phenoxy) is 4. The molecule has 1 atom stereocenters. The molecule has 1 aromatic carbocycles. The fraction of sp³-hybridized carbons (Fsp3) is 0.633. The Labute approximate surface area is 255 Å². The minimum absolute atomic E-state index is 0.00278. The molecule has 4 amide bonds. The maximum Gasteiger partial charge on any atom is 0.417 e. The van der Waals surface area contributed by atoms with Crippen molar-refractivity contribution in [2.24, 2.45) is 4.99 Å². The third-order valence-electron chi connectivity index (χ3n) is 5.00. The van der Waals surface area contributed by atoms with Crippen molar-refractivity contribution in [3.05, 3.63) is 35.9 Å². The maximum absolute atomic E-state index is 13.1. The topological polar surface area (TPSA) is 157 Å². The van der Waals surface area contributed by atoms with Crippen LogP contribution in [0, 0.1) is 0 Å². The zero-order valence-corrected chi connectivity index (χ0v) is 27.2. The first-order valence-electron chi connectivity index (χ1n) is 14.1. The molecule has 1 rings (SSSR count). The molecule has 0 unspecified atom stereocenters. The quantitative estimate of drug-likeness (QED) is 0.201. The molecular formula is C30H49N5O8. The predicted octanol–water partition coefficient (Wildman–Crippen LogP) is 4.35. The molecular weight excluding hydrogens is 558 g/mol. The number of guanidine groups is 1. The Balaban J connectivity index is 3.28. The summed E-state index contributed by atoms with van der Waals surface area (Å²) in [6.07, 6.45) is -2.39. The minimum Gasteiger partial charge on any atom is -0.444 e. The van der Waals surface area contributed by atoms with Crippen molar-refractivity contribution in [3.8, 4) is 0 Å². The summed E-state index contributed by atoms with van der Waals surface area (Å²) in [6, 6.07) is 8.25. The molecule has 13 nitrogen and oxygen atoms in total. The highest BCUT2D eigenvalue weighted by atomic mass is 16.6. The maximum atomic E-state index is 13.1. The Kier molecular flexibility index (Phi) is 14.4. The fourth-order valence-corrected chi connectivity index (χ4v) is 3.30. The van der Waals surface area contributed by atoms with Crippen LogP contribution in [0.4, 0.5) is 14.4 Å². The minimum atomic E-state index is -1.04. The number of amides is 4. The van der Waals surface area contributed by atoms with Gasteiger partial charge in [-0.1, -0.05) is 30.3 Å². The molecule has 0 aromatic heterocycles. The number of aliphatic imine (C=N–C) groups is 1. The van der Waals surface area contributed by atoms with Gasteiger partial charge in [-0.2, -0.15) is 0 Å². The molecule has 0 radical (unpaired) electrons. The van der Waals surface area contributed by atoms with Gasteiger partial charge in [0, 0.05) is 20.2 Å². The number of carbonyl (C=O) groups excluding carboxylic acids is 4. The average Bonchev–Trinajstić information content (AvgIpc) is 2.84. The van der Waals surface area contributed by atoms with E-state index in [1.807, 2.05) is 30.3 Å². The van der Waals surface area contributed by atoms with Crippen molar-refractivity contribution in [3.63, 3.8) is 0 Å². The number of nitrogens with one attached hydrogen (secondary N) is 3. The van der Waals surface area contributed by atoms with Gasteiger partial charge in [0.25, 0.3) is 0 Å². The van der Waals surface area contributed by atoms with E-state index in [0.29, 0.717) is 0 Å². The van der Waals surface area contributed by atoms with Gasteiger partial charge in [-0.3, -0.25) is 15.1 Å². The Morgan fingerprint density at radius 1 is 0.837 bits per heavy atom. The molecule has 0 heterocycles. The molecule has 0 aliphatic heterocycles. The van der Waals surface area contributed by atoms with Crippen LogP contribution in [0.15, 0.2) is 35.3 Å². The second-order valence-electron chi connectivity index (χ2n) is 12.6. The van der Waals surface area contributed by atoms with Crippen LogP contribution < -0.4 is 16.0 Å². The van der Waals surface area contributed by atoms with Crippen LogP contribution in [-0.4, -0.2) is 84.7 Å². The standard InChI is InChI=1S/C30H49N5O8/c1-28(2,3)41-25(37)33-22(23(36)32-20-21-14-12-11-13-15-21)16-17-31-24(34-26(38)42-29(4,5)6)35(18-19-40-10)27(39)43-30(7,8)9/h11-15,22H,16-20H2,1-10H3,(H,32,36)(H,33,37)(H,31,34,38)/t22-/m0/s1. The van der Waals surface area contributed by atoms with Gasteiger partial charge in [0.05, 0.1) is 13.2 Å².